The summed E-state index contributed by atoms with van der Waals surface area (Å²) in [6.07, 6.45) is 7.73. The number of hydrogen-bond donors (Lipinski definition) is 0. The number of aryl methyl sites for hydroxylation is 1. The van der Waals surface area contributed by atoms with E-state index in [1.54, 1.807) is 11.3 Å². The molecule has 1 amide bonds. The Morgan fingerprint density at radius 2 is 2.17 bits per heavy atom. The van der Waals surface area contributed by atoms with Crippen LogP contribution in [0, 0.1) is 5.41 Å². The fraction of sp³-hybridized carbons (Fsp3) is 0.562. The molecule has 1 atom stereocenters. The van der Waals surface area contributed by atoms with Crippen LogP contribution in [-0.4, -0.2) is 49.9 Å². The van der Waals surface area contributed by atoms with Gasteiger partial charge >= 0.3 is 0 Å². The Hall–Kier alpha value is -1.73. The summed E-state index contributed by atoms with van der Waals surface area (Å²) in [6, 6.07) is 0. The van der Waals surface area contributed by atoms with Gasteiger partial charge in [-0.3, -0.25) is 14.7 Å². The van der Waals surface area contributed by atoms with E-state index in [2.05, 4.69) is 19.4 Å². The highest BCUT2D eigenvalue weighted by Crippen LogP contribution is 2.41. The van der Waals surface area contributed by atoms with Crippen molar-refractivity contribution in [3.63, 3.8) is 0 Å². The first-order chi connectivity index (χ1) is 11.2. The Morgan fingerprint density at radius 1 is 1.26 bits per heavy atom. The van der Waals surface area contributed by atoms with Crippen LogP contribution in [0.2, 0.25) is 0 Å². The smallest absolute Gasteiger partial charge is 0.232 e. The van der Waals surface area contributed by atoms with Gasteiger partial charge < -0.3 is 9.47 Å². The van der Waals surface area contributed by atoms with Gasteiger partial charge in [0.25, 0.3) is 0 Å². The van der Waals surface area contributed by atoms with Crippen molar-refractivity contribution in [3.05, 3.63) is 34.8 Å². The molecule has 6 nitrogen and oxygen atoms in total. The van der Waals surface area contributed by atoms with Gasteiger partial charge in [-0.1, -0.05) is 0 Å². The SMILES string of the molecule is Cn1cncc1CN1CCC[C@]2(C1)CN(Cc1cncs1)C2=O. The van der Waals surface area contributed by atoms with Crippen LogP contribution in [-0.2, 0) is 24.9 Å². The Morgan fingerprint density at radius 3 is 2.87 bits per heavy atom. The number of carbonyl (C=O) groups excluding carboxylic acids is 1. The maximum Gasteiger partial charge on any atom is 0.232 e. The molecule has 2 aliphatic rings. The lowest BCUT2D eigenvalue weighted by Gasteiger charge is -2.53. The van der Waals surface area contributed by atoms with Gasteiger partial charge in [-0.05, 0) is 19.4 Å². The number of thiazole rings is 1. The molecule has 0 saturated carbocycles. The quantitative estimate of drug-likeness (QED) is 0.797. The highest BCUT2D eigenvalue weighted by molar-refractivity contribution is 7.09. The number of β-lactam (4-membered cyclic amide) rings is 1. The lowest BCUT2D eigenvalue weighted by molar-refractivity contribution is -0.167. The third-order valence-electron chi connectivity index (χ3n) is 5.02. The summed E-state index contributed by atoms with van der Waals surface area (Å²) in [6.45, 7) is 4.41. The van der Waals surface area contributed by atoms with Crippen molar-refractivity contribution in [3.8, 4) is 0 Å². The van der Waals surface area contributed by atoms with Gasteiger partial charge in [0.15, 0.2) is 0 Å². The molecule has 0 N–H and O–H groups in total. The first-order valence-corrected chi connectivity index (χ1v) is 8.89. The zero-order valence-electron chi connectivity index (χ0n) is 13.3. The van der Waals surface area contributed by atoms with E-state index >= 15 is 0 Å². The van der Waals surface area contributed by atoms with Crippen molar-refractivity contribution < 1.29 is 4.79 Å². The number of likely N-dealkylation sites (tertiary alicyclic amines) is 2. The molecule has 0 unspecified atom stereocenters. The normalized spacial score (nSPS) is 25.1. The fourth-order valence-corrected chi connectivity index (χ4v) is 4.43. The molecule has 4 rings (SSSR count). The zero-order chi connectivity index (χ0) is 15.9. The number of aromatic nitrogens is 3. The predicted molar refractivity (Wildman–Crippen MR) is 87.7 cm³/mol. The second-order valence-corrected chi connectivity index (χ2v) is 7.69. The molecule has 7 heteroatoms. The maximum atomic E-state index is 12.7. The lowest BCUT2D eigenvalue weighted by atomic mass is 9.72. The van der Waals surface area contributed by atoms with E-state index in [-0.39, 0.29) is 5.41 Å². The maximum absolute atomic E-state index is 12.7. The number of rotatable bonds is 4. The third kappa shape index (κ3) is 2.68. The molecule has 2 saturated heterocycles. The number of imidazole rings is 1. The summed E-state index contributed by atoms with van der Waals surface area (Å²) in [4.78, 5) is 26.6. The molecule has 0 radical (unpaired) electrons. The molecular weight excluding hydrogens is 310 g/mol. The van der Waals surface area contributed by atoms with Crippen LogP contribution >= 0.6 is 11.3 Å². The van der Waals surface area contributed by atoms with Gasteiger partial charge in [-0.2, -0.15) is 0 Å². The minimum Gasteiger partial charge on any atom is -0.337 e. The van der Waals surface area contributed by atoms with Gasteiger partial charge in [0.1, 0.15) is 0 Å². The van der Waals surface area contributed by atoms with Crippen molar-refractivity contribution in [2.75, 3.05) is 19.6 Å². The summed E-state index contributed by atoms with van der Waals surface area (Å²) < 4.78 is 2.06. The second-order valence-electron chi connectivity index (χ2n) is 6.72. The molecule has 1 spiro atoms. The minimum absolute atomic E-state index is 0.151. The standard InChI is InChI=1S/C16H21N5OS/c1-19-11-17-5-13(19)7-20-4-2-3-16(9-20)10-21(15(16)22)8-14-6-18-12-23-14/h5-6,11-12H,2-4,7-10H2,1H3/t16-/m0/s1. The Balaban J connectivity index is 1.39. The number of carbonyl (C=O) groups is 1. The average Bonchev–Trinajstić information content (AvgIpc) is 3.20. The zero-order valence-corrected chi connectivity index (χ0v) is 14.1. The molecule has 2 aliphatic heterocycles. The molecule has 0 bridgehead atoms. The molecule has 4 heterocycles. The van der Waals surface area contributed by atoms with E-state index in [9.17, 15) is 4.79 Å². The van der Waals surface area contributed by atoms with E-state index in [1.165, 1.54) is 5.69 Å². The molecule has 0 aromatic carbocycles. The highest BCUT2D eigenvalue weighted by Gasteiger charge is 2.53. The van der Waals surface area contributed by atoms with Crippen molar-refractivity contribution in [1.29, 1.82) is 0 Å². The van der Waals surface area contributed by atoms with Crippen molar-refractivity contribution in [1.82, 2.24) is 24.3 Å². The molecule has 0 aliphatic carbocycles. The number of piperidine rings is 1. The molecule has 2 aromatic heterocycles. The number of amides is 1. The molecule has 23 heavy (non-hydrogen) atoms. The van der Waals surface area contributed by atoms with Crippen LogP contribution in [0.1, 0.15) is 23.4 Å². The summed E-state index contributed by atoms with van der Waals surface area (Å²) in [5.41, 5.74) is 2.88. The number of hydrogen-bond acceptors (Lipinski definition) is 5. The highest BCUT2D eigenvalue weighted by atomic mass is 32.1. The van der Waals surface area contributed by atoms with Gasteiger partial charge in [0.05, 0.1) is 29.5 Å². The third-order valence-corrected chi connectivity index (χ3v) is 5.79. The van der Waals surface area contributed by atoms with Crippen molar-refractivity contribution in [2.24, 2.45) is 12.5 Å². The average molecular weight is 331 g/mol. The molecular formula is C16H21N5OS. The summed E-state index contributed by atoms with van der Waals surface area (Å²) in [5.74, 6) is 0.320. The fourth-order valence-electron chi connectivity index (χ4n) is 3.82. The Bertz CT molecular complexity index is 697. The second kappa shape index (κ2) is 5.72. The first-order valence-electron chi connectivity index (χ1n) is 8.01. The van der Waals surface area contributed by atoms with Crippen LogP contribution in [0.15, 0.2) is 24.2 Å². The monoisotopic (exact) mass is 331 g/mol. The minimum atomic E-state index is -0.151. The summed E-state index contributed by atoms with van der Waals surface area (Å²) in [5, 5.41) is 0. The Labute approximate surface area is 139 Å². The van der Waals surface area contributed by atoms with E-state index < -0.39 is 0 Å². The molecule has 2 aromatic rings. The van der Waals surface area contributed by atoms with E-state index in [0.717, 1.165) is 43.9 Å². The van der Waals surface area contributed by atoms with Gasteiger partial charge in [-0.25, -0.2) is 4.98 Å². The predicted octanol–water partition coefficient (Wildman–Crippen LogP) is 1.50. The van der Waals surface area contributed by atoms with Crippen LogP contribution in [0.5, 0.6) is 0 Å². The summed E-state index contributed by atoms with van der Waals surface area (Å²) in [7, 11) is 2.02. The first kappa shape index (κ1) is 14.8. The van der Waals surface area contributed by atoms with E-state index in [4.69, 9.17) is 0 Å². The van der Waals surface area contributed by atoms with Crippen LogP contribution in [0.25, 0.3) is 0 Å². The van der Waals surface area contributed by atoms with E-state index in [0.29, 0.717) is 12.5 Å². The van der Waals surface area contributed by atoms with Crippen LogP contribution in [0.3, 0.4) is 0 Å². The van der Waals surface area contributed by atoms with Crippen molar-refractivity contribution in [2.45, 2.75) is 25.9 Å². The van der Waals surface area contributed by atoms with E-state index in [1.807, 2.05) is 36.2 Å². The molecule has 2 fully saturated rings. The topological polar surface area (TPSA) is 54.3 Å². The van der Waals surface area contributed by atoms with Crippen LogP contribution < -0.4 is 0 Å². The molecule has 122 valence electrons. The van der Waals surface area contributed by atoms with Gasteiger partial charge in [-0.15, -0.1) is 11.3 Å². The lowest BCUT2D eigenvalue weighted by Crippen LogP contribution is -2.66. The number of nitrogens with zero attached hydrogens (tertiary/aromatic N) is 5. The van der Waals surface area contributed by atoms with Gasteiger partial charge in [0, 0.05) is 44.0 Å². The summed E-state index contributed by atoms with van der Waals surface area (Å²) >= 11 is 1.62. The Kier molecular flexibility index (Phi) is 3.69. The van der Waals surface area contributed by atoms with Gasteiger partial charge in [0.2, 0.25) is 5.91 Å². The van der Waals surface area contributed by atoms with Crippen LogP contribution in [0.4, 0.5) is 0 Å². The largest absolute Gasteiger partial charge is 0.337 e. The van der Waals surface area contributed by atoms with Crippen molar-refractivity contribution >= 4 is 17.2 Å².